The van der Waals surface area contributed by atoms with Gasteiger partial charge in [0.15, 0.2) is 0 Å². The summed E-state index contributed by atoms with van der Waals surface area (Å²) in [6.45, 7) is 7.81. The number of carbonyl (C=O) groups excluding carboxylic acids is 1. The summed E-state index contributed by atoms with van der Waals surface area (Å²) in [6.07, 6.45) is 1.53. The van der Waals surface area contributed by atoms with Gasteiger partial charge in [-0.3, -0.25) is 4.79 Å². The molecule has 0 aliphatic rings. The molecular weight excluding hydrogens is 304 g/mol. The van der Waals surface area contributed by atoms with Gasteiger partial charge in [0, 0.05) is 12.1 Å². The fourth-order valence-electron chi connectivity index (χ4n) is 2.22. The Morgan fingerprint density at radius 2 is 1.88 bits per heavy atom. The monoisotopic (exact) mass is 328 g/mol. The number of anilines is 2. The molecule has 0 unspecified atom stereocenters. The number of likely N-dealkylation sites (N-methyl/N-ethyl adjacent to an activating group) is 1. The highest BCUT2D eigenvalue weighted by Crippen LogP contribution is 2.14. The maximum atomic E-state index is 12.2. The summed E-state index contributed by atoms with van der Waals surface area (Å²) in [4.78, 5) is 18.4. The number of carbonyl (C=O) groups is 1. The number of benzene rings is 1. The Bertz CT molecular complexity index is 637. The second-order valence-corrected chi connectivity index (χ2v) is 5.33. The molecule has 1 amide bonds. The third-order valence-corrected chi connectivity index (χ3v) is 3.73. The number of hydrogen-bond acceptors (Lipinski definition) is 5. The van der Waals surface area contributed by atoms with Crippen LogP contribution >= 0.6 is 0 Å². The smallest absolute Gasteiger partial charge is 0.255 e. The van der Waals surface area contributed by atoms with Gasteiger partial charge in [-0.15, -0.1) is 0 Å². The molecule has 2 aromatic rings. The van der Waals surface area contributed by atoms with Gasteiger partial charge in [-0.1, -0.05) is 13.8 Å². The van der Waals surface area contributed by atoms with E-state index in [1.807, 2.05) is 0 Å². The van der Waals surface area contributed by atoms with Crippen LogP contribution in [-0.2, 0) is 0 Å². The Labute approximate surface area is 142 Å². The van der Waals surface area contributed by atoms with Crippen LogP contribution in [0.5, 0.6) is 5.75 Å². The predicted octanol–water partition coefficient (Wildman–Crippen LogP) is 2.64. The van der Waals surface area contributed by atoms with Crippen LogP contribution in [0.2, 0.25) is 0 Å². The number of pyridine rings is 1. The number of rotatable bonds is 8. The van der Waals surface area contributed by atoms with Crippen molar-refractivity contribution in [2.45, 2.75) is 13.8 Å². The third-order valence-electron chi connectivity index (χ3n) is 3.73. The molecule has 1 heterocycles. The maximum Gasteiger partial charge on any atom is 0.255 e. The summed E-state index contributed by atoms with van der Waals surface area (Å²) in [5.74, 6) is 0.975. The zero-order valence-corrected chi connectivity index (χ0v) is 14.2. The Balaban J connectivity index is 1.86. The number of ether oxygens (including phenoxy) is 1. The normalized spacial score (nSPS) is 10.6. The van der Waals surface area contributed by atoms with Gasteiger partial charge in [-0.05, 0) is 49.5 Å². The SMILES string of the molecule is CCN(CC)CCOc1ccc(C(=O)Nc2ccc(N)nc2)cc1. The van der Waals surface area contributed by atoms with Gasteiger partial charge in [0.2, 0.25) is 0 Å². The van der Waals surface area contributed by atoms with Gasteiger partial charge >= 0.3 is 0 Å². The van der Waals surface area contributed by atoms with Crippen molar-refractivity contribution in [3.05, 3.63) is 48.2 Å². The van der Waals surface area contributed by atoms with Crippen molar-refractivity contribution in [1.82, 2.24) is 9.88 Å². The first-order chi connectivity index (χ1) is 11.6. The lowest BCUT2D eigenvalue weighted by Gasteiger charge is -2.18. The molecule has 0 aliphatic heterocycles. The van der Waals surface area contributed by atoms with Crippen LogP contribution < -0.4 is 15.8 Å². The van der Waals surface area contributed by atoms with Crippen LogP contribution in [-0.4, -0.2) is 42.0 Å². The average molecular weight is 328 g/mol. The number of nitrogens with one attached hydrogen (secondary N) is 1. The molecule has 0 fully saturated rings. The van der Waals surface area contributed by atoms with Crippen molar-refractivity contribution in [2.24, 2.45) is 0 Å². The van der Waals surface area contributed by atoms with Crippen molar-refractivity contribution in [1.29, 1.82) is 0 Å². The molecule has 128 valence electrons. The summed E-state index contributed by atoms with van der Waals surface area (Å²) < 4.78 is 5.71. The lowest BCUT2D eigenvalue weighted by atomic mass is 10.2. The third kappa shape index (κ3) is 5.24. The highest BCUT2D eigenvalue weighted by Gasteiger charge is 2.07. The van der Waals surface area contributed by atoms with E-state index in [1.54, 1.807) is 36.4 Å². The van der Waals surface area contributed by atoms with E-state index in [0.717, 1.165) is 25.4 Å². The summed E-state index contributed by atoms with van der Waals surface area (Å²) in [7, 11) is 0. The van der Waals surface area contributed by atoms with Crippen molar-refractivity contribution < 1.29 is 9.53 Å². The van der Waals surface area contributed by atoms with Crippen LogP contribution in [0.3, 0.4) is 0 Å². The average Bonchev–Trinajstić information content (AvgIpc) is 2.61. The molecule has 0 spiro atoms. The minimum atomic E-state index is -0.198. The number of nitrogens with zero attached hydrogens (tertiary/aromatic N) is 2. The summed E-state index contributed by atoms with van der Waals surface area (Å²) in [5.41, 5.74) is 6.68. The van der Waals surface area contributed by atoms with Crippen LogP contribution in [0.25, 0.3) is 0 Å². The van der Waals surface area contributed by atoms with Crippen molar-refractivity contribution >= 4 is 17.4 Å². The first-order valence-corrected chi connectivity index (χ1v) is 8.10. The van der Waals surface area contributed by atoms with E-state index in [2.05, 4.69) is 29.0 Å². The van der Waals surface area contributed by atoms with E-state index >= 15 is 0 Å². The molecule has 6 nitrogen and oxygen atoms in total. The van der Waals surface area contributed by atoms with Crippen LogP contribution in [0.4, 0.5) is 11.5 Å². The molecule has 24 heavy (non-hydrogen) atoms. The summed E-state index contributed by atoms with van der Waals surface area (Å²) >= 11 is 0. The molecular formula is C18H24N4O2. The Morgan fingerprint density at radius 3 is 2.46 bits per heavy atom. The molecule has 0 saturated carbocycles. The minimum Gasteiger partial charge on any atom is -0.492 e. The van der Waals surface area contributed by atoms with E-state index in [4.69, 9.17) is 10.5 Å². The minimum absolute atomic E-state index is 0.198. The molecule has 0 radical (unpaired) electrons. The second kappa shape index (κ2) is 8.88. The molecule has 0 saturated heterocycles. The molecule has 6 heteroatoms. The molecule has 1 aromatic carbocycles. The number of aromatic nitrogens is 1. The van der Waals surface area contributed by atoms with Gasteiger partial charge in [0.05, 0.1) is 11.9 Å². The van der Waals surface area contributed by atoms with Gasteiger partial charge in [0.1, 0.15) is 18.2 Å². The predicted molar refractivity (Wildman–Crippen MR) is 96.3 cm³/mol. The molecule has 1 aromatic heterocycles. The Hall–Kier alpha value is -2.60. The quantitative estimate of drug-likeness (QED) is 0.778. The van der Waals surface area contributed by atoms with Gasteiger partial charge < -0.3 is 20.7 Å². The second-order valence-electron chi connectivity index (χ2n) is 5.33. The number of hydrogen-bond donors (Lipinski definition) is 2. The van der Waals surface area contributed by atoms with Gasteiger partial charge in [-0.2, -0.15) is 0 Å². The standard InChI is InChI=1S/C18H24N4O2/c1-3-22(4-2)11-12-24-16-8-5-14(6-9-16)18(23)21-15-7-10-17(19)20-13-15/h5-10,13H,3-4,11-12H2,1-2H3,(H2,19,20)(H,21,23). The summed E-state index contributed by atoms with van der Waals surface area (Å²) in [5, 5.41) is 2.77. The van der Waals surface area contributed by atoms with Crippen molar-refractivity contribution in [3.8, 4) is 5.75 Å². The lowest BCUT2D eigenvalue weighted by Crippen LogP contribution is -2.27. The topological polar surface area (TPSA) is 80.5 Å². The molecule has 0 bridgehead atoms. The van der Waals surface area contributed by atoms with E-state index in [1.165, 1.54) is 6.20 Å². The number of nitrogen functional groups attached to an aromatic ring is 1. The van der Waals surface area contributed by atoms with E-state index in [9.17, 15) is 4.79 Å². The first-order valence-electron chi connectivity index (χ1n) is 8.10. The summed E-state index contributed by atoms with van der Waals surface area (Å²) in [6, 6.07) is 10.4. The van der Waals surface area contributed by atoms with Gasteiger partial charge in [-0.25, -0.2) is 4.98 Å². The highest BCUT2D eigenvalue weighted by molar-refractivity contribution is 6.04. The Kier molecular flexibility index (Phi) is 6.57. The fourth-order valence-corrected chi connectivity index (χ4v) is 2.22. The number of nitrogens with two attached hydrogens (primary N) is 1. The maximum absolute atomic E-state index is 12.2. The molecule has 0 atom stereocenters. The van der Waals surface area contributed by atoms with E-state index in [0.29, 0.717) is 23.7 Å². The van der Waals surface area contributed by atoms with Crippen LogP contribution in [0.15, 0.2) is 42.6 Å². The fraction of sp³-hybridized carbons (Fsp3) is 0.333. The molecule has 2 rings (SSSR count). The van der Waals surface area contributed by atoms with Crippen LogP contribution in [0, 0.1) is 0 Å². The highest BCUT2D eigenvalue weighted by atomic mass is 16.5. The Morgan fingerprint density at radius 1 is 1.17 bits per heavy atom. The van der Waals surface area contributed by atoms with E-state index < -0.39 is 0 Å². The number of amides is 1. The van der Waals surface area contributed by atoms with Crippen molar-refractivity contribution in [2.75, 3.05) is 37.3 Å². The zero-order valence-electron chi connectivity index (χ0n) is 14.2. The molecule has 0 aliphatic carbocycles. The largest absolute Gasteiger partial charge is 0.492 e. The van der Waals surface area contributed by atoms with Gasteiger partial charge in [0.25, 0.3) is 5.91 Å². The zero-order chi connectivity index (χ0) is 17.4. The first kappa shape index (κ1) is 17.7. The molecule has 3 N–H and O–H groups in total. The van der Waals surface area contributed by atoms with E-state index in [-0.39, 0.29) is 5.91 Å². The van der Waals surface area contributed by atoms with Crippen LogP contribution in [0.1, 0.15) is 24.2 Å². The lowest BCUT2D eigenvalue weighted by molar-refractivity contribution is 0.102. The van der Waals surface area contributed by atoms with Crippen molar-refractivity contribution in [3.63, 3.8) is 0 Å².